The first-order valence-corrected chi connectivity index (χ1v) is 12.4. The van der Waals surface area contributed by atoms with Gasteiger partial charge >= 0.3 is 0 Å². The Morgan fingerprint density at radius 1 is 1.06 bits per heavy atom. The molecule has 0 spiro atoms. The largest absolute Gasteiger partial charge is 0.352 e. The number of nitrogens with zero attached hydrogens (tertiary/aromatic N) is 1. The van der Waals surface area contributed by atoms with E-state index < -0.39 is 18.1 Å². The highest BCUT2D eigenvalue weighted by molar-refractivity contribution is 6.00. The maximum Gasteiger partial charge on any atom is 0.246 e. The third kappa shape index (κ3) is 5.33. The molecule has 32 heavy (non-hydrogen) atoms. The molecule has 3 amide bonds. The highest BCUT2D eigenvalue weighted by Crippen LogP contribution is 2.38. The van der Waals surface area contributed by atoms with Crippen molar-refractivity contribution in [3.8, 4) is 0 Å². The van der Waals surface area contributed by atoms with Gasteiger partial charge in [0, 0.05) is 12.5 Å². The molecule has 1 saturated heterocycles. The zero-order valence-electron chi connectivity index (χ0n) is 19.4. The van der Waals surface area contributed by atoms with E-state index in [4.69, 9.17) is 0 Å². The SMILES string of the molecule is CC(C)C[C@H]1C(=O)N[C@@H](Cc2ccccc2)C(=O)N1C(C(=O)NC1CCCCC1)C1CC1. The van der Waals surface area contributed by atoms with Crippen LogP contribution in [0.2, 0.25) is 0 Å². The van der Waals surface area contributed by atoms with E-state index in [0.717, 1.165) is 44.1 Å². The maximum atomic E-state index is 13.8. The average Bonchev–Trinajstić information content (AvgIpc) is 3.60. The molecule has 1 aromatic rings. The van der Waals surface area contributed by atoms with Crippen LogP contribution in [0.4, 0.5) is 0 Å². The molecular weight excluding hydrogens is 402 g/mol. The van der Waals surface area contributed by atoms with Crippen LogP contribution < -0.4 is 10.6 Å². The predicted molar refractivity (Wildman–Crippen MR) is 124 cm³/mol. The number of hydrogen-bond donors (Lipinski definition) is 2. The number of nitrogens with one attached hydrogen (secondary N) is 2. The minimum absolute atomic E-state index is 0.0605. The van der Waals surface area contributed by atoms with Crippen LogP contribution in [0.15, 0.2) is 30.3 Å². The summed E-state index contributed by atoms with van der Waals surface area (Å²) in [7, 11) is 0. The fourth-order valence-corrected chi connectivity index (χ4v) is 5.29. The Morgan fingerprint density at radius 3 is 2.38 bits per heavy atom. The maximum absolute atomic E-state index is 13.8. The van der Waals surface area contributed by atoms with Gasteiger partial charge in [-0.1, -0.05) is 63.4 Å². The lowest BCUT2D eigenvalue weighted by molar-refractivity contribution is -0.157. The van der Waals surface area contributed by atoms with Gasteiger partial charge in [-0.2, -0.15) is 0 Å². The second-order valence-electron chi connectivity index (χ2n) is 10.3. The Labute approximate surface area is 191 Å². The second-order valence-corrected chi connectivity index (χ2v) is 10.3. The monoisotopic (exact) mass is 439 g/mol. The molecule has 2 saturated carbocycles. The third-order valence-corrected chi connectivity index (χ3v) is 7.07. The Hall–Kier alpha value is -2.37. The molecule has 1 unspecified atom stereocenters. The van der Waals surface area contributed by atoms with E-state index in [2.05, 4.69) is 24.5 Å². The molecule has 3 atom stereocenters. The molecule has 0 bridgehead atoms. The van der Waals surface area contributed by atoms with Gasteiger partial charge in [0.2, 0.25) is 17.7 Å². The first kappa shape index (κ1) is 22.8. The Bertz CT molecular complexity index is 815. The summed E-state index contributed by atoms with van der Waals surface area (Å²) in [6.07, 6.45) is 8.39. The standard InChI is InChI=1S/C26H37N3O3/c1-17(2)15-22-24(30)28-21(16-18-9-5-3-6-10-18)26(32)29(22)23(19-13-14-19)25(31)27-20-11-7-4-8-12-20/h3,5-6,9-10,17,19-23H,4,7-8,11-16H2,1-2H3,(H,27,31)(H,28,30)/t21-,22-,23?/m0/s1. The number of benzene rings is 1. The molecule has 0 radical (unpaired) electrons. The molecule has 174 valence electrons. The molecule has 3 fully saturated rings. The minimum Gasteiger partial charge on any atom is -0.352 e. The van der Waals surface area contributed by atoms with E-state index in [1.807, 2.05) is 30.3 Å². The summed E-state index contributed by atoms with van der Waals surface area (Å²) in [6, 6.07) is 8.19. The van der Waals surface area contributed by atoms with Gasteiger partial charge in [0.15, 0.2) is 0 Å². The number of rotatable bonds is 8. The van der Waals surface area contributed by atoms with E-state index in [1.54, 1.807) is 4.90 Å². The molecule has 1 heterocycles. The molecule has 1 aromatic carbocycles. The second kappa shape index (κ2) is 10.1. The highest BCUT2D eigenvalue weighted by Gasteiger charge is 2.50. The molecular formula is C26H37N3O3. The van der Waals surface area contributed by atoms with Crippen molar-refractivity contribution in [2.24, 2.45) is 11.8 Å². The first-order chi connectivity index (χ1) is 15.4. The Morgan fingerprint density at radius 2 is 1.75 bits per heavy atom. The van der Waals surface area contributed by atoms with E-state index in [-0.39, 0.29) is 35.6 Å². The van der Waals surface area contributed by atoms with E-state index in [0.29, 0.717) is 12.8 Å². The van der Waals surface area contributed by atoms with Crippen LogP contribution in [0.25, 0.3) is 0 Å². The lowest BCUT2D eigenvalue weighted by Gasteiger charge is -2.44. The lowest BCUT2D eigenvalue weighted by Crippen LogP contribution is -2.69. The molecule has 6 heteroatoms. The molecule has 3 aliphatic rings. The number of carbonyl (C=O) groups excluding carboxylic acids is 3. The van der Waals surface area contributed by atoms with Crippen molar-refractivity contribution in [3.05, 3.63) is 35.9 Å². The van der Waals surface area contributed by atoms with Gasteiger partial charge in [-0.05, 0) is 49.5 Å². The van der Waals surface area contributed by atoms with Gasteiger partial charge in [-0.15, -0.1) is 0 Å². The average molecular weight is 440 g/mol. The molecule has 2 N–H and O–H groups in total. The number of amides is 3. The van der Waals surface area contributed by atoms with Gasteiger partial charge in [0.1, 0.15) is 18.1 Å². The van der Waals surface area contributed by atoms with Gasteiger partial charge in [-0.3, -0.25) is 14.4 Å². The Kier molecular flexibility index (Phi) is 7.17. The predicted octanol–water partition coefficient (Wildman–Crippen LogP) is 3.20. The van der Waals surface area contributed by atoms with E-state index >= 15 is 0 Å². The topological polar surface area (TPSA) is 78.5 Å². The van der Waals surface area contributed by atoms with Crippen LogP contribution in [0.1, 0.15) is 70.8 Å². The van der Waals surface area contributed by atoms with Crippen molar-refractivity contribution in [3.63, 3.8) is 0 Å². The summed E-state index contributed by atoms with van der Waals surface area (Å²) < 4.78 is 0. The van der Waals surface area contributed by atoms with Crippen molar-refractivity contribution in [1.29, 1.82) is 0 Å². The van der Waals surface area contributed by atoms with Gasteiger partial charge in [0.05, 0.1) is 0 Å². The van der Waals surface area contributed by atoms with Crippen LogP contribution in [-0.4, -0.2) is 46.8 Å². The zero-order valence-corrected chi connectivity index (χ0v) is 19.4. The summed E-state index contributed by atoms with van der Waals surface area (Å²) in [4.78, 5) is 42.2. The van der Waals surface area contributed by atoms with Crippen molar-refractivity contribution in [2.45, 2.75) is 95.8 Å². The number of carbonyl (C=O) groups is 3. The number of piperazine rings is 1. The van der Waals surface area contributed by atoms with Crippen molar-refractivity contribution < 1.29 is 14.4 Å². The summed E-state index contributed by atoms with van der Waals surface area (Å²) in [5.74, 6) is 0.0910. The first-order valence-electron chi connectivity index (χ1n) is 12.4. The third-order valence-electron chi connectivity index (χ3n) is 7.07. The van der Waals surface area contributed by atoms with Crippen LogP contribution >= 0.6 is 0 Å². The fraction of sp³-hybridized carbons (Fsp3) is 0.654. The van der Waals surface area contributed by atoms with Crippen molar-refractivity contribution >= 4 is 17.7 Å². The van der Waals surface area contributed by atoms with Gasteiger partial charge in [0.25, 0.3) is 0 Å². The zero-order chi connectivity index (χ0) is 22.7. The van der Waals surface area contributed by atoms with Gasteiger partial charge in [-0.25, -0.2) is 0 Å². The van der Waals surface area contributed by atoms with Crippen LogP contribution in [0.3, 0.4) is 0 Å². The Balaban J connectivity index is 1.59. The lowest BCUT2D eigenvalue weighted by atomic mass is 9.91. The molecule has 1 aliphatic heterocycles. The van der Waals surface area contributed by atoms with Crippen molar-refractivity contribution in [1.82, 2.24) is 15.5 Å². The van der Waals surface area contributed by atoms with Crippen molar-refractivity contribution in [2.75, 3.05) is 0 Å². The van der Waals surface area contributed by atoms with E-state index in [1.165, 1.54) is 6.42 Å². The highest BCUT2D eigenvalue weighted by atomic mass is 16.2. The normalized spacial score (nSPS) is 25.5. The van der Waals surface area contributed by atoms with E-state index in [9.17, 15) is 14.4 Å². The minimum atomic E-state index is -0.628. The van der Waals surface area contributed by atoms with Crippen LogP contribution in [-0.2, 0) is 20.8 Å². The summed E-state index contributed by atoms with van der Waals surface area (Å²) in [6.45, 7) is 4.11. The molecule has 0 aromatic heterocycles. The van der Waals surface area contributed by atoms with Gasteiger partial charge < -0.3 is 15.5 Å². The molecule has 4 rings (SSSR count). The van der Waals surface area contributed by atoms with Crippen LogP contribution in [0, 0.1) is 11.8 Å². The molecule has 2 aliphatic carbocycles. The fourth-order valence-electron chi connectivity index (χ4n) is 5.29. The summed E-state index contributed by atoms with van der Waals surface area (Å²) >= 11 is 0. The summed E-state index contributed by atoms with van der Waals surface area (Å²) in [5, 5.41) is 6.22. The summed E-state index contributed by atoms with van der Waals surface area (Å²) in [5.41, 5.74) is 1.00. The smallest absolute Gasteiger partial charge is 0.246 e. The molecule has 6 nitrogen and oxygen atoms in total. The quantitative estimate of drug-likeness (QED) is 0.653. The number of hydrogen-bond acceptors (Lipinski definition) is 3. The van der Waals surface area contributed by atoms with Crippen LogP contribution in [0.5, 0.6) is 0 Å².